The van der Waals surface area contributed by atoms with Gasteiger partial charge in [-0.15, -0.1) is 0 Å². The fourth-order valence-corrected chi connectivity index (χ4v) is 4.44. The molecule has 2 aromatic rings. The highest BCUT2D eigenvalue weighted by atomic mass is 79.9. The normalized spacial score (nSPS) is 13.7. The quantitative estimate of drug-likeness (QED) is 0.672. The molecule has 0 aliphatic heterocycles. The summed E-state index contributed by atoms with van der Waals surface area (Å²) in [5.41, 5.74) is 3.01. The highest BCUT2D eigenvalue weighted by molar-refractivity contribution is 9.10. The molecule has 18 heavy (non-hydrogen) atoms. The summed E-state index contributed by atoms with van der Waals surface area (Å²) in [5.74, 6) is 0. The molecule has 0 saturated carbocycles. The number of halogens is 2. The molecule has 3 heteroatoms. The Morgan fingerprint density at radius 2 is 1.89 bits per heavy atom. The van der Waals surface area contributed by atoms with Crippen LogP contribution in [0, 0.1) is 0 Å². The number of rotatable bonds is 2. The summed E-state index contributed by atoms with van der Waals surface area (Å²) >= 11 is 11.6. The van der Waals surface area contributed by atoms with Crippen molar-refractivity contribution in [1.82, 2.24) is 0 Å². The first-order valence-electron chi connectivity index (χ1n) is 5.98. The molecule has 0 nitrogen and oxygen atoms in total. The van der Waals surface area contributed by atoms with Gasteiger partial charge in [-0.25, -0.2) is 0 Å². The van der Waals surface area contributed by atoms with Crippen LogP contribution in [-0.4, -0.2) is 0 Å². The molecule has 0 atom stereocenters. The highest BCUT2D eigenvalue weighted by Gasteiger charge is 2.16. The van der Waals surface area contributed by atoms with Gasteiger partial charge in [-0.1, -0.05) is 41.6 Å². The molecule has 0 heterocycles. The lowest BCUT2D eigenvalue weighted by Gasteiger charge is -2.10. The van der Waals surface area contributed by atoms with Crippen molar-refractivity contribution in [3.63, 3.8) is 0 Å². The van der Waals surface area contributed by atoms with Gasteiger partial charge in [0.2, 0.25) is 0 Å². The number of benzene rings is 2. The fourth-order valence-electron chi connectivity index (χ4n) is 2.37. The molecule has 0 saturated heterocycles. The molecule has 3 rings (SSSR count). The van der Waals surface area contributed by atoms with Gasteiger partial charge < -0.3 is 0 Å². The molecular weight excluding hydrogens is 328 g/mol. The molecule has 0 unspecified atom stereocenters. The molecule has 0 spiro atoms. The van der Waals surface area contributed by atoms with Gasteiger partial charge in [0.1, 0.15) is 0 Å². The average molecular weight is 340 g/mol. The minimum atomic E-state index is 0.810. The number of hydrogen-bond acceptors (Lipinski definition) is 1. The highest BCUT2D eigenvalue weighted by Crippen LogP contribution is 2.42. The van der Waals surface area contributed by atoms with Crippen LogP contribution in [0.15, 0.2) is 50.7 Å². The van der Waals surface area contributed by atoms with E-state index in [9.17, 15) is 0 Å². The Balaban J connectivity index is 2.01. The Morgan fingerprint density at radius 1 is 1.06 bits per heavy atom. The van der Waals surface area contributed by atoms with Gasteiger partial charge in [0.05, 0.1) is 5.02 Å². The molecule has 0 fully saturated rings. The van der Waals surface area contributed by atoms with E-state index < -0.39 is 0 Å². The lowest BCUT2D eigenvalue weighted by atomic mass is 10.1. The summed E-state index contributed by atoms with van der Waals surface area (Å²) in [6, 6.07) is 12.5. The smallest absolute Gasteiger partial charge is 0.0556 e. The zero-order valence-electron chi connectivity index (χ0n) is 9.75. The Morgan fingerprint density at radius 3 is 2.72 bits per heavy atom. The van der Waals surface area contributed by atoms with E-state index in [1.807, 2.05) is 18.2 Å². The minimum Gasteiger partial charge on any atom is -0.0870 e. The Labute approximate surface area is 125 Å². The van der Waals surface area contributed by atoms with Crippen LogP contribution in [0.2, 0.25) is 5.02 Å². The summed E-state index contributed by atoms with van der Waals surface area (Å²) in [6.45, 7) is 0. The monoisotopic (exact) mass is 338 g/mol. The summed E-state index contributed by atoms with van der Waals surface area (Å²) < 4.78 is 1.07. The van der Waals surface area contributed by atoms with Crippen LogP contribution >= 0.6 is 39.3 Å². The van der Waals surface area contributed by atoms with Gasteiger partial charge in [0, 0.05) is 14.3 Å². The van der Waals surface area contributed by atoms with Gasteiger partial charge in [-0.3, -0.25) is 0 Å². The van der Waals surface area contributed by atoms with E-state index in [1.165, 1.54) is 35.3 Å². The van der Waals surface area contributed by atoms with E-state index in [4.69, 9.17) is 11.6 Å². The number of hydrogen-bond donors (Lipinski definition) is 0. The predicted octanol–water partition coefficient (Wildman–Crippen LogP) is 5.74. The van der Waals surface area contributed by atoms with Crippen molar-refractivity contribution in [2.75, 3.05) is 0 Å². The van der Waals surface area contributed by atoms with Crippen molar-refractivity contribution in [2.24, 2.45) is 0 Å². The third kappa shape index (κ3) is 2.34. The first kappa shape index (κ1) is 12.6. The standard InChI is InChI=1S/C15H12BrClS/c16-12-7-3-8-13(17)15(12)18-14-9-2-5-10-4-1-6-11(10)14/h2-3,5,7-9H,1,4,6H2. The van der Waals surface area contributed by atoms with Crippen LogP contribution in [0.4, 0.5) is 0 Å². The summed E-state index contributed by atoms with van der Waals surface area (Å²) in [7, 11) is 0. The Kier molecular flexibility index (Phi) is 3.69. The zero-order chi connectivity index (χ0) is 12.5. The van der Waals surface area contributed by atoms with Crippen molar-refractivity contribution in [2.45, 2.75) is 29.1 Å². The molecule has 2 aromatic carbocycles. The molecule has 1 aliphatic rings. The van der Waals surface area contributed by atoms with Crippen molar-refractivity contribution >= 4 is 39.3 Å². The van der Waals surface area contributed by atoms with Gasteiger partial charge in [0.25, 0.3) is 0 Å². The van der Waals surface area contributed by atoms with Crippen LogP contribution in [0.5, 0.6) is 0 Å². The first-order chi connectivity index (χ1) is 8.75. The van der Waals surface area contributed by atoms with Crippen LogP contribution in [-0.2, 0) is 12.8 Å². The van der Waals surface area contributed by atoms with Gasteiger partial charge in [-0.05, 0) is 64.5 Å². The van der Waals surface area contributed by atoms with Crippen molar-refractivity contribution < 1.29 is 0 Å². The summed E-state index contributed by atoms with van der Waals surface area (Å²) in [6.07, 6.45) is 3.69. The molecule has 0 N–H and O–H groups in total. The van der Waals surface area contributed by atoms with Gasteiger partial charge >= 0.3 is 0 Å². The predicted molar refractivity (Wildman–Crippen MR) is 81.7 cm³/mol. The lowest BCUT2D eigenvalue weighted by molar-refractivity contribution is 0.906. The average Bonchev–Trinajstić information content (AvgIpc) is 2.83. The summed E-state index contributed by atoms with van der Waals surface area (Å²) in [5, 5.41) is 0.810. The van der Waals surface area contributed by atoms with Crippen LogP contribution in [0.1, 0.15) is 17.5 Å². The second kappa shape index (κ2) is 5.28. The molecule has 1 aliphatic carbocycles. The van der Waals surface area contributed by atoms with Crippen LogP contribution in [0.25, 0.3) is 0 Å². The zero-order valence-corrected chi connectivity index (χ0v) is 12.9. The van der Waals surface area contributed by atoms with E-state index in [2.05, 4.69) is 34.1 Å². The van der Waals surface area contributed by atoms with E-state index in [-0.39, 0.29) is 0 Å². The fraction of sp³-hybridized carbons (Fsp3) is 0.200. The third-order valence-corrected chi connectivity index (χ3v) is 5.83. The summed E-state index contributed by atoms with van der Waals surface area (Å²) in [4.78, 5) is 2.46. The van der Waals surface area contributed by atoms with Crippen molar-refractivity contribution in [1.29, 1.82) is 0 Å². The van der Waals surface area contributed by atoms with Crippen LogP contribution < -0.4 is 0 Å². The van der Waals surface area contributed by atoms with Crippen molar-refractivity contribution in [3.8, 4) is 0 Å². The molecule has 0 radical (unpaired) electrons. The molecular formula is C15H12BrClS. The maximum absolute atomic E-state index is 6.28. The molecule has 92 valence electrons. The maximum atomic E-state index is 6.28. The van der Waals surface area contributed by atoms with E-state index in [0.29, 0.717) is 0 Å². The topological polar surface area (TPSA) is 0 Å². The molecule has 0 bridgehead atoms. The SMILES string of the molecule is Clc1cccc(Br)c1Sc1cccc2c1CCC2. The Hall–Kier alpha value is -0.440. The van der Waals surface area contributed by atoms with Crippen LogP contribution in [0.3, 0.4) is 0 Å². The van der Waals surface area contributed by atoms with Crippen molar-refractivity contribution in [3.05, 3.63) is 57.0 Å². The van der Waals surface area contributed by atoms with E-state index in [0.717, 1.165) is 14.4 Å². The van der Waals surface area contributed by atoms with E-state index >= 15 is 0 Å². The second-order valence-electron chi connectivity index (χ2n) is 4.40. The first-order valence-corrected chi connectivity index (χ1v) is 7.97. The largest absolute Gasteiger partial charge is 0.0870 e. The van der Waals surface area contributed by atoms with Gasteiger partial charge in [-0.2, -0.15) is 0 Å². The van der Waals surface area contributed by atoms with E-state index in [1.54, 1.807) is 11.8 Å². The minimum absolute atomic E-state index is 0.810. The molecule has 0 aromatic heterocycles. The second-order valence-corrected chi connectivity index (χ2v) is 6.71. The molecule has 0 amide bonds. The third-order valence-electron chi connectivity index (χ3n) is 3.23. The lowest BCUT2D eigenvalue weighted by Crippen LogP contribution is -1.87. The number of aryl methyl sites for hydroxylation is 1. The maximum Gasteiger partial charge on any atom is 0.0556 e. The number of fused-ring (bicyclic) bond motifs is 1. The Bertz CT molecular complexity index is 575. The van der Waals surface area contributed by atoms with Gasteiger partial charge in [0.15, 0.2) is 0 Å².